The Labute approximate surface area is 90.2 Å². The highest BCUT2D eigenvalue weighted by Gasteiger charge is 2.01. The monoisotopic (exact) mass is 230 g/mol. The highest BCUT2D eigenvalue weighted by Crippen LogP contribution is 2.14. The zero-order chi connectivity index (χ0) is 11.8. The van der Waals surface area contributed by atoms with Gasteiger partial charge in [-0.15, -0.1) is 0 Å². The second-order valence-corrected chi connectivity index (χ2v) is 4.39. The molecule has 0 aliphatic heterocycles. The molecule has 0 fully saturated rings. The van der Waals surface area contributed by atoms with Gasteiger partial charge in [0.05, 0.1) is 0 Å². The quantitative estimate of drug-likeness (QED) is 0.429. The summed E-state index contributed by atoms with van der Waals surface area (Å²) in [6, 6.07) is 0. The van der Waals surface area contributed by atoms with Crippen LogP contribution < -0.4 is 4.89 Å². The molecule has 0 spiro atoms. The number of rotatable bonds is 6. The normalized spacial score (nSPS) is 13.9. The topological polar surface area (TPSA) is 77.4 Å². The summed E-state index contributed by atoms with van der Waals surface area (Å²) in [7, 11) is -2.36. The number of carbonyl (C=O) groups is 1. The van der Waals surface area contributed by atoms with E-state index >= 15 is 0 Å². The van der Waals surface area contributed by atoms with E-state index in [0.29, 0.717) is 12.8 Å². The zero-order valence-corrected chi connectivity index (χ0v) is 9.79. The van der Waals surface area contributed by atoms with Crippen LogP contribution >= 0.6 is 8.03 Å². The summed E-state index contributed by atoms with van der Waals surface area (Å²) in [4.78, 5) is 20.6. The standard InChI is InChI=1S/C10H15O4P/c1-8(6-10(11)12)4-3-5-9(2)7-15(13)14/h5-6H,3-4,7H2,1-2H3,(H,11,12)/b8-6-,9-5?. The summed E-state index contributed by atoms with van der Waals surface area (Å²) in [5, 5.41) is 8.44. The van der Waals surface area contributed by atoms with Crippen molar-refractivity contribution >= 4 is 14.0 Å². The number of aliphatic carboxylic acids is 1. The summed E-state index contributed by atoms with van der Waals surface area (Å²) in [6.45, 7) is 3.49. The Morgan fingerprint density at radius 2 is 2.00 bits per heavy atom. The molecule has 0 heterocycles. The smallest absolute Gasteiger partial charge is 0.328 e. The molecule has 1 N–H and O–H groups in total. The molecule has 0 amide bonds. The van der Waals surface area contributed by atoms with Crippen molar-refractivity contribution < 1.29 is 19.4 Å². The zero-order valence-electron chi connectivity index (χ0n) is 8.90. The molecule has 15 heavy (non-hydrogen) atoms. The van der Waals surface area contributed by atoms with Gasteiger partial charge in [-0.25, -0.2) is 4.79 Å². The Morgan fingerprint density at radius 3 is 2.47 bits per heavy atom. The molecule has 0 aromatic carbocycles. The van der Waals surface area contributed by atoms with Crippen molar-refractivity contribution in [2.45, 2.75) is 26.7 Å². The number of carboxylic acids is 1. The molecule has 4 nitrogen and oxygen atoms in total. The molecule has 0 aromatic heterocycles. The van der Waals surface area contributed by atoms with E-state index in [4.69, 9.17) is 5.11 Å². The van der Waals surface area contributed by atoms with Crippen LogP contribution in [0.3, 0.4) is 0 Å². The van der Waals surface area contributed by atoms with E-state index in [1.807, 2.05) is 6.08 Å². The molecule has 5 heteroatoms. The fourth-order valence-corrected chi connectivity index (χ4v) is 1.63. The van der Waals surface area contributed by atoms with Crippen LogP contribution in [-0.4, -0.2) is 17.2 Å². The van der Waals surface area contributed by atoms with Crippen LogP contribution in [0.25, 0.3) is 0 Å². The van der Waals surface area contributed by atoms with Crippen LogP contribution in [-0.2, 0) is 9.36 Å². The first kappa shape index (κ1) is 14.0. The van der Waals surface area contributed by atoms with Gasteiger partial charge in [0.25, 0.3) is 0 Å². The van der Waals surface area contributed by atoms with Crippen molar-refractivity contribution in [1.29, 1.82) is 0 Å². The molecule has 0 radical (unpaired) electrons. The average molecular weight is 230 g/mol. The minimum Gasteiger partial charge on any atom is -0.595 e. The van der Waals surface area contributed by atoms with Crippen LogP contribution in [0.5, 0.6) is 0 Å². The van der Waals surface area contributed by atoms with Crippen LogP contribution in [0.4, 0.5) is 0 Å². The second-order valence-electron chi connectivity index (χ2n) is 3.41. The third kappa shape index (κ3) is 9.32. The first-order valence-corrected chi connectivity index (χ1v) is 5.95. The Bertz CT molecular complexity index is 305. The van der Waals surface area contributed by atoms with Gasteiger partial charge in [-0.05, 0) is 32.3 Å². The van der Waals surface area contributed by atoms with Crippen molar-refractivity contribution in [2.75, 3.05) is 6.16 Å². The van der Waals surface area contributed by atoms with Crippen molar-refractivity contribution in [1.82, 2.24) is 0 Å². The molecule has 0 aliphatic carbocycles. The number of hydrogen-bond donors (Lipinski definition) is 1. The molecule has 0 aromatic rings. The maximum absolute atomic E-state index is 10.4. The molecule has 1 unspecified atom stereocenters. The molecule has 1 atom stereocenters. The van der Waals surface area contributed by atoms with E-state index in [1.165, 1.54) is 0 Å². The first-order chi connectivity index (χ1) is 6.91. The van der Waals surface area contributed by atoms with E-state index in [9.17, 15) is 14.3 Å². The largest absolute Gasteiger partial charge is 0.595 e. The Balaban J connectivity index is 3.97. The first-order valence-electron chi connectivity index (χ1n) is 4.59. The van der Waals surface area contributed by atoms with Crippen LogP contribution in [0.2, 0.25) is 0 Å². The SMILES string of the molecule is CC(=CCC/C(C)=C\C(=O)O)C[P+](=O)[O-]. The summed E-state index contributed by atoms with van der Waals surface area (Å²) in [6.07, 6.45) is 4.38. The van der Waals surface area contributed by atoms with Gasteiger partial charge >= 0.3 is 14.0 Å². The predicted octanol–water partition coefficient (Wildman–Crippen LogP) is 1.85. The molecule has 0 saturated carbocycles. The lowest BCUT2D eigenvalue weighted by atomic mass is 10.1. The van der Waals surface area contributed by atoms with E-state index in [2.05, 4.69) is 0 Å². The molecule has 0 bridgehead atoms. The number of carboxylic acid groups (broad SMARTS) is 1. The molecule has 0 aliphatic rings. The fourth-order valence-electron chi connectivity index (χ4n) is 1.10. The maximum Gasteiger partial charge on any atom is 0.328 e. The predicted molar refractivity (Wildman–Crippen MR) is 56.9 cm³/mol. The van der Waals surface area contributed by atoms with Crippen molar-refractivity contribution in [3.8, 4) is 0 Å². The van der Waals surface area contributed by atoms with E-state index in [0.717, 1.165) is 17.2 Å². The van der Waals surface area contributed by atoms with Gasteiger partial charge in [-0.3, -0.25) is 0 Å². The summed E-state index contributed by atoms with van der Waals surface area (Å²) < 4.78 is 10.4. The molecule has 84 valence electrons. The molecule has 0 rings (SSSR count). The highest BCUT2D eigenvalue weighted by molar-refractivity contribution is 7.36. The third-order valence-electron chi connectivity index (χ3n) is 1.78. The van der Waals surface area contributed by atoms with Gasteiger partial charge in [-0.1, -0.05) is 16.2 Å². The molecule has 0 saturated heterocycles. The minimum atomic E-state index is -2.36. The lowest BCUT2D eigenvalue weighted by Crippen LogP contribution is -1.93. The van der Waals surface area contributed by atoms with Crippen molar-refractivity contribution in [3.63, 3.8) is 0 Å². The minimum absolute atomic E-state index is 0.0804. The Hall–Kier alpha value is -0.990. The van der Waals surface area contributed by atoms with Gasteiger partial charge in [0.15, 0.2) is 6.16 Å². The van der Waals surface area contributed by atoms with E-state index < -0.39 is 14.0 Å². The summed E-state index contributed by atoms with van der Waals surface area (Å²) in [5.74, 6) is -0.948. The van der Waals surface area contributed by atoms with Crippen LogP contribution in [0.1, 0.15) is 26.7 Å². The van der Waals surface area contributed by atoms with Gasteiger partial charge in [-0.2, -0.15) is 0 Å². The Kier molecular flexibility index (Phi) is 6.84. The highest BCUT2D eigenvalue weighted by atomic mass is 31.1. The lowest BCUT2D eigenvalue weighted by Gasteiger charge is -1.97. The fraction of sp³-hybridized carbons (Fsp3) is 0.500. The van der Waals surface area contributed by atoms with Crippen LogP contribution in [0, 0.1) is 0 Å². The van der Waals surface area contributed by atoms with E-state index in [-0.39, 0.29) is 6.16 Å². The van der Waals surface area contributed by atoms with Gasteiger partial charge in [0, 0.05) is 6.08 Å². The molecular weight excluding hydrogens is 215 g/mol. The van der Waals surface area contributed by atoms with Crippen LogP contribution in [0.15, 0.2) is 23.3 Å². The van der Waals surface area contributed by atoms with Gasteiger partial charge in [0.1, 0.15) is 0 Å². The maximum atomic E-state index is 10.4. The number of allylic oxidation sites excluding steroid dienone is 3. The van der Waals surface area contributed by atoms with Crippen molar-refractivity contribution in [2.24, 2.45) is 0 Å². The third-order valence-corrected chi connectivity index (χ3v) is 2.54. The average Bonchev–Trinajstić information content (AvgIpc) is 2.00. The van der Waals surface area contributed by atoms with E-state index in [1.54, 1.807) is 13.8 Å². The van der Waals surface area contributed by atoms with Crippen molar-refractivity contribution in [3.05, 3.63) is 23.3 Å². The summed E-state index contributed by atoms with van der Waals surface area (Å²) in [5.41, 5.74) is 1.58. The van der Waals surface area contributed by atoms with Gasteiger partial charge < -0.3 is 10.00 Å². The number of hydrogen-bond acceptors (Lipinski definition) is 3. The van der Waals surface area contributed by atoms with Gasteiger partial charge in [0.2, 0.25) is 0 Å². The summed E-state index contributed by atoms with van der Waals surface area (Å²) >= 11 is 0. The second kappa shape index (κ2) is 7.32. The Morgan fingerprint density at radius 1 is 1.40 bits per heavy atom. The lowest BCUT2D eigenvalue weighted by molar-refractivity contribution is -0.163. The molecular formula is C10H15O4P.